The van der Waals surface area contributed by atoms with E-state index >= 15 is 0 Å². The van der Waals surface area contributed by atoms with E-state index in [-0.39, 0.29) is 17.3 Å². The van der Waals surface area contributed by atoms with E-state index in [2.05, 4.69) is 26.0 Å². The standard InChI is InChI=1S/C12H15NOS/c1-9(2)13-11(14)8-15-12(13)10-6-4-3-5-7-10/h3-7,9,12H,8H2,1-2H3. The maximum Gasteiger partial charge on any atom is 0.234 e. The minimum absolute atomic E-state index is 0.207. The lowest BCUT2D eigenvalue weighted by Gasteiger charge is -2.27. The smallest absolute Gasteiger partial charge is 0.234 e. The van der Waals surface area contributed by atoms with Crippen molar-refractivity contribution in [1.29, 1.82) is 0 Å². The summed E-state index contributed by atoms with van der Waals surface area (Å²) in [7, 11) is 0. The van der Waals surface area contributed by atoms with Gasteiger partial charge in [0.2, 0.25) is 5.91 Å². The first-order valence-electron chi connectivity index (χ1n) is 5.18. The van der Waals surface area contributed by atoms with Crippen LogP contribution in [0.5, 0.6) is 0 Å². The molecule has 0 bridgehead atoms. The number of carbonyl (C=O) groups excluding carboxylic acids is 1. The van der Waals surface area contributed by atoms with Crippen LogP contribution in [0, 0.1) is 0 Å². The van der Waals surface area contributed by atoms with E-state index in [9.17, 15) is 4.79 Å². The molecule has 1 aliphatic rings. The van der Waals surface area contributed by atoms with Crippen molar-refractivity contribution >= 4 is 17.7 Å². The molecule has 1 unspecified atom stereocenters. The third-order valence-electron chi connectivity index (χ3n) is 2.55. The average Bonchev–Trinajstić information content (AvgIpc) is 2.61. The van der Waals surface area contributed by atoms with Crippen molar-refractivity contribution in [3.8, 4) is 0 Å². The summed E-state index contributed by atoms with van der Waals surface area (Å²) in [6.45, 7) is 4.14. The van der Waals surface area contributed by atoms with E-state index in [0.717, 1.165) is 0 Å². The first-order chi connectivity index (χ1) is 7.20. The summed E-state index contributed by atoms with van der Waals surface area (Å²) in [5.74, 6) is 0.862. The monoisotopic (exact) mass is 221 g/mol. The van der Waals surface area contributed by atoms with Crippen molar-refractivity contribution in [1.82, 2.24) is 4.90 Å². The fraction of sp³-hybridized carbons (Fsp3) is 0.417. The Morgan fingerprint density at radius 1 is 1.33 bits per heavy atom. The summed E-state index contributed by atoms with van der Waals surface area (Å²) >= 11 is 1.72. The van der Waals surface area contributed by atoms with E-state index in [0.29, 0.717) is 5.75 Å². The van der Waals surface area contributed by atoms with Crippen molar-refractivity contribution in [3.63, 3.8) is 0 Å². The van der Waals surface area contributed by atoms with Crippen molar-refractivity contribution in [2.24, 2.45) is 0 Å². The molecule has 1 amide bonds. The predicted octanol–water partition coefficient (Wildman–Crippen LogP) is 2.67. The van der Waals surface area contributed by atoms with Gasteiger partial charge in [0.1, 0.15) is 5.37 Å². The molecule has 2 rings (SSSR count). The van der Waals surface area contributed by atoms with Crippen LogP contribution in [0.4, 0.5) is 0 Å². The number of carbonyl (C=O) groups is 1. The number of benzene rings is 1. The van der Waals surface area contributed by atoms with Gasteiger partial charge < -0.3 is 4.90 Å². The predicted molar refractivity (Wildman–Crippen MR) is 63.6 cm³/mol. The lowest BCUT2D eigenvalue weighted by atomic mass is 10.2. The Kier molecular flexibility index (Phi) is 3.00. The van der Waals surface area contributed by atoms with Crippen LogP contribution in [0.2, 0.25) is 0 Å². The van der Waals surface area contributed by atoms with Gasteiger partial charge in [-0.1, -0.05) is 30.3 Å². The molecule has 80 valence electrons. The normalized spacial score (nSPS) is 21.4. The van der Waals surface area contributed by atoms with E-state index < -0.39 is 0 Å². The topological polar surface area (TPSA) is 20.3 Å². The second-order valence-electron chi connectivity index (χ2n) is 3.97. The molecule has 1 aromatic carbocycles. The molecule has 3 heteroatoms. The molecule has 1 fully saturated rings. The summed E-state index contributed by atoms with van der Waals surface area (Å²) in [6.07, 6.45) is 0. The van der Waals surface area contributed by atoms with Crippen LogP contribution in [0.3, 0.4) is 0 Å². The molecule has 1 aliphatic heterocycles. The fourth-order valence-electron chi connectivity index (χ4n) is 1.87. The van der Waals surface area contributed by atoms with Gasteiger partial charge in [-0.3, -0.25) is 4.79 Å². The first-order valence-corrected chi connectivity index (χ1v) is 6.22. The van der Waals surface area contributed by atoms with E-state index in [1.165, 1.54) is 5.56 Å². The Morgan fingerprint density at radius 3 is 2.60 bits per heavy atom. The largest absolute Gasteiger partial charge is 0.323 e. The second kappa shape index (κ2) is 4.27. The Hall–Kier alpha value is -0.960. The molecule has 0 N–H and O–H groups in total. The first kappa shape index (κ1) is 10.6. The lowest BCUT2D eigenvalue weighted by molar-refractivity contribution is -0.129. The Labute approximate surface area is 94.7 Å². The highest BCUT2D eigenvalue weighted by molar-refractivity contribution is 8.00. The third-order valence-corrected chi connectivity index (χ3v) is 3.78. The molecule has 0 spiro atoms. The molecule has 1 saturated heterocycles. The molecule has 2 nitrogen and oxygen atoms in total. The summed E-state index contributed by atoms with van der Waals surface area (Å²) in [5, 5.41) is 0.207. The van der Waals surface area contributed by atoms with Gasteiger partial charge in [0, 0.05) is 6.04 Å². The zero-order chi connectivity index (χ0) is 10.8. The van der Waals surface area contributed by atoms with Crippen LogP contribution >= 0.6 is 11.8 Å². The van der Waals surface area contributed by atoms with Crippen molar-refractivity contribution in [2.75, 3.05) is 5.75 Å². The van der Waals surface area contributed by atoms with E-state index in [4.69, 9.17) is 0 Å². The van der Waals surface area contributed by atoms with Crippen molar-refractivity contribution in [2.45, 2.75) is 25.3 Å². The van der Waals surface area contributed by atoms with Crippen LogP contribution < -0.4 is 0 Å². The highest BCUT2D eigenvalue weighted by Gasteiger charge is 2.34. The highest BCUT2D eigenvalue weighted by atomic mass is 32.2. The Morgan fingerprint density at radius 2 is 2.00 bits per heavy atom. The maximum atomic E-state index is 11.7. The zero-order valence-corrected chi connectivity index (χ0v) is 9.83. The highest BCUT2D eigenvalue weighted by Crippen LogP contribution is 2.39. The van der Waals surface area contributed by atoms with Crippen molar-refractivity contribution in [3.05, 3.63) is 35.9 Å². The minimum Gasteiger partial charge on any atom is -0.323 e. The number of hydrogen-bond acceptors (Lipinski definition) is 2. The number of hydrogen-bond donors (Lipinski definition) is 0. The van der Waals surface area contributed by atoms with Crippen molar-refractivity contribution < 1.29 is 4.79 Å². The SMILES string of the molecule is CC(C)N1C(=O)CSC1c1ccccc1. The van der Waals surface area contributed by atoms with Crippen LogP contribution in [0.25, 0.3) is 0 Å². The van der Waals surface area contributed by atoms with Gasteiger partial charge in [-0.05, 0) is 19.4 Å². The molecule has 0 radical (unpaired) electrons. The summed E-state index contributed by atoms with van der Waals surface area (Å²) in [5.41, 5.74) is 1.22. The number of rotatable bonds is 2. The average molecular weight is 221 g/mol. The number of nitrogens with zero attached hydrogens (tertiary/aromatic N) is 1. The molecular formula is C12H15NOS. The molecule has 0 saturated carbocycles. The van der Waals surface area contributed by atoms with Gasteiger partial charge >= 0.3 is 0 Å². The van der Waals surface area contributed by atoms with Gasteiger partial charge in [-0.25, -0.2) is 0 Å². The van der Waals surface area contributed by atoms with E-state index in [1.807, 2.05) is 23.1 Å². The van der Waals surface area contributed by atoms with Crippen LogP contribution in [0.1, 0.15) is 24.8 Å². The zero-order valence-electron chi connectivity index (χ0n) is 9.01. The number of thioether (sulfide) groups is 1. The second-order valence-corrected chi connectivity index (χ2v) is 5.04. The molecule has 1 heterocycles. The fourth-order valence-corrected chi connectivity index (χ4v) is 3.19. The van der Waals surface area contributed by atoms with E-state index in [1.54, 1.807) is 11.8 Å². The lowest BCUT2D eigenvalue weighted by Crippen LogP contribution is -2.34. The Bertz CT molecular complexity index is 350. The molecular weight excluding hydrogens is 206 g/mol. The Balaban J connectivity index is 2.26. The number of amides is 1. The summed E-state index contributed by atoms with van der Waals surface area (Å²) < 4.78 is 0. The quantitative estimate of drug-likeness (QED) is 0.765. The molecule has 1 aromatic rings. The van der Waals surface area contributed by atoms with Crippen LogP contribution in [0.15, 0.2) is 30.3 Å². The maximum absolute atomic E-state index is 11.7. The van der Waals surface area contributed by atoms with Gasteiger partial charge in [-0.15, -0.1) is 11.8 Å². The molecule has 0 aliphatic carbocycles. The minimum atomic E-state index is 0.207. The molecule has 1 atom stereocenters. The van der Waals surface area contributed by atoms with Gasteiger partial charge in [0.05, 0.1) is 5.75 Å². The van der Waals surface area contributed by atoms with Gasteiger partial charge in [0.25, 0.3) is 0 Å². The van der Waals surface area contributed by atoms with Gasteiger partial charge in [0.15, 0.2) is 0 Å². The summed E-state index contributed by atoms with van der Waals surface area (Å²) in [6, 6.07) is 10.5. The molecule has 0 aromatic heterocycles. The summed E-state index contributed by atoms with van der Waals surface area (Å²) in [4.78, 5) is 13.7. The van der Waals surface area contributed by atoms with Gasteiger partial charge in [-0.2, -0.15) is 0 Å². The van der Waals surface area contributed by atoms with Crippen LogP contribution in [-0.4, -0.2) is 22.6 Å². The van der Waals surface area contributed by atoms with Crippen LogP contribution in [-0.2, 0) is 4.79 Å². The third kappa shape index (κ3) is 2.02. The molecule has 15 heavy (non-hydrogen) atoms.